The highest BCUT2D eigenvalue weighted by atomic mass is 35.5. The first-order valence-electron chi connectivity index (χ1n) is 7.79. The van der Waals surface area contributed by atoms with Crippen molar-refractivity contribution in [3.05, 3.63) is 23.3 Å². The highest BCUT2D eigenvalue weighted by molar-refractivity contribution is 5.85. The molecule has 3 nitrogen and oxygen atoms in total. The molecule has 3 rings (SSSR count). The van der Waals surface area contributed by atoms with Crippen LogP contribution in [-0.4, -0.2) is 38.3 Å². The topological polar surface area (TPSA) is 21.7 Å². The minimum Gasteiger partial charge on any atom is -0.493 e. The summed E-state index contributed by atoms with van der Waals surface area (Å²) < 4.78 is 11.6. The van der Waals surface area contributed by atoms with E-state index in [0.717, 1.165) is 24.5 Å². The molecule has 2 aliphatic heterocycles. The maximum Gasteiger partial charge on any atom is 0.165 e. The van der Waals surface area contributed by atoms with Crippen molar-refractivity contribution in [1.82, 2.24) is 4.90 Å². The van der Waals surface area contributed by atoms with Crippen molar-refractivity contribution in [2.75, 3.05) is 27.3 Å². The van der Waals surface area contributed by atoms with Gasteiger partial charge in [-0.1, -0.05) is 19.4 Å². The Balaban J connectivity index is 0.00000161. The SMILES string of the molecule is CCCc1ccc(OC)c2c1[C@@H]1CCCN(C)[C@H]1CO2.Cl. The maximum atomic E-state index is 6.11. The molecular formula is C17H26ClNO2. The number of ether oxygens (including phenoxy) is 2. The second kappa shape index (κ2) is 6.89. The summed E-state index contributed by atoms with van der Waals surface area (Å²) in [4.78, 5) is 2.46. The lowest BCUT2D eigenvalue weighted by Crippen LogP contribution is -2.47. The van der Waals surface area contributed by atoms with Gasteiger partial charge < -0.3 is 9.47 Å². The molecule has 0 unspecified atom stereocenters. The van der Waals surface area contributed by atoms with E-state index < -0.39 is 0 Å². The molecule has 0 aliphatic carbocycles. The highest BCUT2D eigenvalue weighted by Crippen LogP contribution is 2.47. The molecule has 21 heavy (non-hydrogen) atoms. The number of hydrogen-bond donors (Lipinski definition) is 0. The van der Waals surface area contributed by atoms with E-state index in [2.05, 4.69) is 31.0 Å². The molecule has 1 fully saturated rings. The summed E-state index contributed by atoms with van der Waals surface area (Å²) in [5.41, 5.74) is 2.88. The average Bonchev–Trinajstić information content (AvgIpc) is 2.47. The van der Waals surface area contributed by atoms with Crippen molar-refractivity contribution in [1.29, 1.82) is 0 Å². The van der Waals surface area contributed by atoms with Crippen LogP contribution < -0.4 is 9.47 Å². The zero-order valence-electron chi connectivity index (χ0n) is 13.2. The van der Waals surface area contributed by atoms with E-state index in [1.807, 2.05) is 0 Å². The van der Waals surface area contributed by atoms with Gasteiger partial charge in [-0.25, -0.2) is 0 Å². The van der Waals surface area contributed by atoms with Crippen molar-refractivity contribution in [2.45, 2.75) is 44.6 Å². The number of benzene rings is 1. The molecule has 0 saturated carbocycles. The van der Waals surface area contributed by atoms with Crippen LogP contribution in [0.3, 0.4) is 0 Å². The number of halogens is 1. The summed E-state index contributed by atoms with van der Waals surface area (Å²) in [6.07, 6.45) is 4.85. The van der Waals surface area contributed by atoms with E-state index in [1.165, 1.54) is 36.9 Å². The van der Waals surface area contributed by atoms with Gasteiger partial charge in [0.15, 0.2) is 11.5 Å². The van der Waals surface area contributed by atoms with Crippen LogP contribution in [0.25, 0.3) is 0 Å². The second-order valence-corrected chi connectivity index (χ2v) is 6.03. The zero-order valence-corrected chi connectivity index (χ0v) is 14.0. The number of nitrogens with zero attached hydrogens (tertiary/aromatic N) is 1. The summed E-state index contributed by atoms with van der Waals surface area (Å²) in [6, 6.07) is 4.83. The van der Waals surface area contributed by atoms with Gasteiger partial charge in [0.2, 0.25) is 0 Å². The third-order valence-electron chi connectivity index (χ3n) is 4.82. The van der Waals surface area contributed by atoms with Crippen LogP contribution in [-0.2, 0) is 6.42 Å². The van der Waals surface area contributed by atoms with E-state index in [9.17, 15) is 0 Å². The van der Waals surface area contributed by atoms with Crippen LogP contribution in [0.1, 0.15) is 43.2 Å². The van der Waals surface area contributed by atoms with Crippen molar-refractivity contribution in [2.24, 2.45) is 0 Å². The Morgan fingerprint density at radius 1 is 1.38 bits per heavy atom. The standard InChI is InChI=1S/C17H25NO2.ClH/c1-4-6-12-8-9-15(19-3)17-16(12)13-7-5-10-18(2)14(13)11-20-17;/h8-9,13-14H,4-7,10-11H2,1-3H3;1H/t13-,14+;/m1./s1. The number of piperidine rings is 1. The molecule has 1 aromatic carbocycles. The third-order valence-corrected chi connectivity index (χ3v) is 4.82. The smallest absolute Gasteiger partial charge is 0.165 e. The fraction of sp³-hybridized carbons (Fsp3) is 0.647. The minimum atomic E-state index is 0. The van der Waals surface area contributed by atoms with Crippen LogP contribution in [0.4, 0.5) is 0 Å². The van der Waals surface area contributed by atoms with Crippen LogP contribution in [0.15, 0.2) is 12.1 Å². The average molecular weight is 312 g/mol. The molecular weight excluding hydrogens is 286 g/mol. The van der Waals surface area contributed by atoms with Gasteiger partial charge in [0, 0.05) is 11.5 Å². The highest BCUT2D eigenvalue weighted by Gasteiger charge is 2.38. The summed E-state index contributed by atoms with van der Waals surface area (Å²) in [5, 5.41) is 0. The lowest BCUT2D eigenvalue weighted by atomic mass is 9.79. The van der Waals surface area contributed by atoms with Crippen LogP contribution in [0.5, 0.6) is 11.5 Å². The molecule has 0 spiro atoms. The summed E-state index contributed by atoms with van der Waals surface area (Å²) in [6.45, 7) is 4.22. The first-order chi connectivity index (χ1) is 9.76. The molecule has 0 amide bonds. The minimum absolute atomic E-state index is 0. The van der Waals surface area contributed by atoms with E-state index in [0.29, 0.717) is 12.0 Å². The normalized spacial score (nSPS) is 24.3. The Labute approximate surface area is 134 Å². The van der Waals surface area contributed by atoms with Crippen LogP contribution in [0, 0.1) is 0 Å². The van der Waals surface area contributed by atoms with E-state index in [1.54, 1.807) is 7.11 Å². The molecule has 2 aliphatic rings. The van der Waals surface area contributed by atoms with Gasteiger partial charge in [0.25, 0.3) is 0 Å². The van der Waals surface area contributed by atoms with Crippen molar-refractivity contribution < 1.29 is 9.47 Å². The number of aryl methyl sites for hydroxylation is 1. The third kappa shape index (κ3) is 2.86. The van der Waals surface area contributed by atoms with Gasteiger partial charge in [0.05, 0.1) is 13.2 Å². The molecule has 118 valence electrons. The van der Waals surface area contributed by atoms with Gasteiger partial charge in [0.1, 0.15) is 6.61 Å². The molecule has 0 N–H and O–H groups in total. The summed E-state index contributed by atoms with van der Waals surface area (Å²) in [5.74, 6) is 2.51. The molecule has 0 bridgehead atoms. The molecule has 2 heterocycles. The van der Waals surface area contributed by atoms with Gasteiger partial charge >= 0.3 is 0 Å². The van der Waals surface area contributed by atoms with Crippen molar-refractivity contribution >= 4 is 12.4 Å². The Morgan fingerprint density at radius 3 is 2.90 bits per heavy atom. The van der Waals surface area contributed by atoms with E-state index in [4.69, 9.17) is 9.47 Å². The Morgan fingerprint density at radius 2 is 2.19 bits per heavy atom. The number of fused-ring (bicyclic) bond motifs is 3. The number of rotatable bonds is 3. The number of methoxy groups -OCH3 is 1. The lowest BCUT2D eigenvalue weighted by molar-refractivity contribution is 0.0842. The molecule has 0 radical (unpaired) electrons. The van der Waals surface area contributed by atoms with Gasteiger partial charge in [-0.2, -0.15) is 0 Å². The van der Waals surface area contributed by atoms with Crippen LogP contribution in [0.2, 0.25) is 0 Å². The van der Waals surface area contributed by atoms with Crippen LogP contribution >= 0.6 is 12.4 Å². The second-order valence-electron chi connectivity index (χ2n) is 6.03. The molecule has 1 aromatic rings. The van der Waals surface area contributed by atoms with Crippen molar-refractivity contribution in [3.8, 4) is 11.5 Å². The predicted molar refractivity (Wildman–Crippen MR) is 88.1 cm³/mol. The Bertz CT molecular complexity index is 492. The molecule has 1 saturated heterocycles. The fourth-order valence-electron chi connectivity index (χ4n) is 3.80. The molecule has 4 heteroatoms. The van der Waals surface area contributed by atoms with E-state index in [-0.39, 0.29) is 12.4 Å². The van der Waals surface area contributed by atoms with Gasteiger partial charge in [-0.05, 0) is 44.5 Å². The van der Waals surface area contributed by atoms with Crippen molar-refractivity contribution in [3.63, 3.8) is 0 Å². The van der Waals surface area contributed by atoms with Gasteiger partial charge in [-0.15, -0.1) is 12.4 Å². The predicted octanol–water partition coefficient (Wildman–Crippen LogP) is 3.64. The largest absolute Gasteiger partial charge is 0.493 e. The fourth-order valence-corrected chi connectivity index (χ4v) is 3.80. The Hall–Kier alpha value is -0.930. The number of likely N-dealkylation sites (N-methyl/N-ethyl adjacent to an activating group) is 1. The van der Waals surface area contributed by atoms with E-state index >= 15 is 0 Å². The number of hydrogen-bond acceptors (Lipinski definition) is 3. The summed E-state index contributed by atoms with van der Waals surface area (Å²) in [7, 11) is 3.96. The lowest BCUT2D eigenvalue weighted by Gasteiger charge is -2.43. The molecule has 0 aromatic heterocycles. The maximum absolute atomic E-state index is 6.11. The van der Waals surface area contributed by atoms with Gasteiger partial charge in [-0.3, -0.25) is 4.90 Å². The monoisotopic (exact) mass is 311 g/mol. The first kappa shape index (κ1) is 16.4. The zero-order chi connectivity index (χ0) is 14.1. The summed E-state index contributed by atoms with van der Waals surface area (Å²) >= 11 is 0. The molecule has 2 atom stereocenters. The number of likely N-dealkylation sites (tertiary alicyclic amines) is 1. The Kier molecular flexibility index (Phi) is 5.39. The quantitative estimate of drug-likeness (QED) is 0.850. The first-order valence-corrected chi connectivity index (χ1v) is 7.79.